The summed E-state index contributed by atoms with van der Waals surface area (Å²) in [5, 5.41) is 3.61. The molecule has 0 radical (unpaired) electrons. The average molecular weight is 233 g/mol. The van der Waals surface area contributed by atoms with E-state index in [1.807, 2.05) is 0 Å². The lowest BCUT2D eigenvalue weighted by atomic mass is 9.85. The largest absolute Gasteiger partial charge is 0.310 e. The van der Waals surface area contributed by atoms with Crippen molar-refractivity contribution in [3.05, 3.63) is 34.9 Å². The number of hydrogen-bond acceptors (Lipinski definition) is 1. The van der Waals surface area contributed by atoms with Crippen LogP contribution in [0.3, 0.4) is 0 Å². The zero-order chi connectivity index (χ0) is 13.1. The van der Waals surface area contributed by atoms with E-state index >= 15 is 0 Å². The summed E-state index contributed by atoms with van der Waals surface area (Å²) in [5.74, 6) is 0. The van der Waals surface area contributed by atoms with E-state index < -0.39 is 0 Å². The molecular formula is C16H27N. The molecule has 1 atom stereocenters. The molecule has 17 heavy (non-hydrogen) atoms. The zero-order valence-electron chi connectivity index (χ0n) is 12.2. The molecule has 1 N–H and O–H groups in total. The number of nitrogens with one attached hydrogen (secondary N) is 1. The Morgan fingerprint density at radius 3 is 2.00 bits per heavy atom. The Kier molecular flexibility index (Phi) is 4.76. The van der Waals surface area contributed by atoms with Gasteiger partial charge < -0.3 is 5.32 Å². The van der Waals surface area contributed by atoms with Gasteiger partial charge in [0, 0.05) is 6.04 Å². The number of benzene rings is 1. The van der Waals surface area contributed by atoms with Gasteiger partial charge in [-0.3, -0.25) is 0 Å². The first kappa shape index (κ1) is 14.2. The molecule has 1 nitrogen and oxygen atoms in total. The van der Waals surface area contributed by atoms with Gasteiger partial charge in [-0.25, -0.2) is 0 Å². The maximum absolute atomic E-state index is 3.61. The third kappa shape index (κ3) is 4.91. The van der Waals surface area contributed by atoms with Gasteiger partial charge in [0.25, 0.3) is 0 Å². The first-order valence-electron chi connectivity index (χ1n) is 6.63. The molecule has 0 saturated carbocycles. The van der Waals surface area contributed by atoms with Crippen LogP contribution in [-0.4, -0.2) is 6.54 Å². The fourth-order valence-corrected chi connectivity index (χ4v) is 2.38. The van der Waals surface area contributed by atoms with E-state index in [1.165, 1.54) is 23.1 Å². The molecule has 0 bridgehead atoms. The second-order valence-corrected chi connectivity index (χ2v) is 6.30. The summed E-state index contributed by atoms with van der Waals surface area (Å²) >= 11 is 0. The Bertz CT molecular complexity index is 340. The summed E-state index contributed by atoms with van der Waals surface area (Å²) < 4.78 is 0. The van der Waals surface area contributed by atoms with Crippen molar-refractivity contribution in [1.82, 2.24) is 5.32 Å². The van der Waals surface area contributed by atoms with Crippen molar-refractivity contribution < 1.29 is 0 Å². The Morgan fingerprint density at radius 1 is 1.06 bits per heavy atom. The fourth-order valence-electron chi connectivity index (χ4n) is 2.38. The van der Waals surface area contributed by atoms with E-state index in [-0.39, 0.29) is 0 Å². The minimum Gasteiger partial charge on any atom is -0.310 e. The summed E-state index contributed by atoms with van der Waals surface area (Å²) in [6.07, 6.45) is 1.17. The summed E-state index contributed by atoms with van der Waals surface area (Å²) in [6, 6.07) is 7.33. The molecule has 1 unspecified atom stereocenters. The molecule has 0 aromatic heterocycles. The van der Waals surface area contributed by atoms with Gasteiger partial charge in [0.05, 0.1) is 0 Å². The lowest BCUT2D eigenvalue weighted by Gasteiger charge is -2.27. The quantitative estimate of drug-likeness (QED) is 0.813. The molecule has 0 fully saturated rings. The second-order valence-electron chi connectivity index (χ2n) is 6.30. The van der Waals surface area contributed by atoms with E-state index in [0.717, 1.165) is 6.54 Å². The number of hydrogen-bond donors (Lipinski definition) is 1. The maximum Gasteiger partial charge on any atom is 0.0325 e. The molecular weight excluding hydrogens is 206 g/mol. The predicted octanol–water partition coefficient (Wildman–Crippen LogP) is 4.39. The van der Waals surface area contributed by atoms with Crippen LogP contribution in [0.25, 0.3) is 0 Å². The van der Waals surface area contributed by atoms with Crippen LogP contribution in [-0.2, 0) is 0 Å². The first-order valence-corrected chi connectivity index (χ1v) is 6.63. The van der Waals surface area contributed by atoms with Gasteiger partial charge in [0.2, 0.25) is 0 Å². The molecule has 0 aliphatic rings. The smallest absolute Gasteiger partial charge is 0.0325 e. The Hall–Kier alpha value is -0.820. The van der Waals surface area contributed by atoms with Crippen LogP contribution in [0, 0.1) is 19.3 Å². The van der Waals surface area contributed by atoms with Crippen molar-refractivity contribution in [2.24, 2.45) is 5.41 Å². The van der Waals surface area contributed by atoms with Crippen LogP contribution in [0.4, 0.5) is 0 Å². The van der Waals surface area contributed by atoms with Crippen molar-refractivity contribution >= 4 is 0 Å². The third-order valence-electron chi connectivity index (χ3n) is 2.91. The normalized spacial score (nSPS) is 13.8. The van der Waals surface area contributed by atoms with Gasteiger partial charge in [0.1, 0.15) is 0 Å². The Balaban J connectivity index is 2.96. The molecule has 0 amide bonds. The summed E-state index contributed by atoms with van der Waals surface area (Å²) in [5.41, 5.74) is 4.50. The van der Waals surface area contributed by atoms with E-state index in [9.17, 15) is 0 Å². The van der Waals surface area contributed by atoms with E-state index in [0.29, 0.717) is 11.5 Å². The lowest BCUT2D eigenvalue weighted by Crippen LogP contribution is -2.25. The standard InChI is InChI=1S/C16H27N/c1-7-17-15(11-16(4,5)6)14-9-12(2)8-13(3)10-14/h8-10,15,17H,7,11H2,1-6H3. The molecule has 0 heterocycles. The highest BCUT2D eigenvalue weighted by atomic mass is 14.9. The molecule has 1 aromatic rings. The average Bonchev–Trinajstić information content (AvgIpc) is 2.13. The molecule has 1 rings (SSSR count). The van der Waals surface area contributed by atoms with E-state index in [1.54, 1.807) is 0 Å². The highest BCUT2D eigenvalue weighted by Gasteiger charge is 2.19. The van der Waals surface area contributed by atoms with Crippen LogP contribution < -0.4 is 5.32 Å². The third-order valence-corrected chi connectivity index (χ3v) is 2.91. The minimum atomic E-state index is 0.352. The number of aryl methyl sites for hydroxylation is 2. The molecule has 1 heteroatoms. The highest BCUT2D eigenvalue weighted by molar-refractivity contribution is 5.30. The van der Waals surface area contributed by atoms with Crippen LogP contribution in [0.5, 0.6) is 0 Å². The van der Waals surface area contributed by atoms with Crippen molar-refractivity contribution in [3.8, 4) is 0 Å². The van der Waals surface area contributed by atoms with Gasteiger partial charge in [-0.1, -0.05) is 57.0 Å². The zero-order valence-corrected chi connectivity index (χ0v) is 12.2. The summed E-state index contributed by atoms with van der Waals surface area (Å²) in [7, 11) is 0. The lowest BCUT2D eigenvalue weighted by molar-refractivity contribution is 0.314. The summed E-state index contributed by atoms with van der Waals surface area (Å²) in [6.45, 7) is 14.5. The van der Waals surface area contributed by atoms with Crippen molar-refractivity contribution in [1.29, 1.82) is 0 Å². The fraction of sp³-hybridized carbons (Fsp3) is 0.625. The van der Waals surface area contributed by atoms with Crippen molar-refractivity contribution in [2.45, 2.75) is 54.0 Å². The van der Waals surface area contributed by atoms with Gasteiger partial charge in [-0.2, -0.15) is 0 Å². The SMILES string of the molecule is CCNC(CC(C)(C)C)c1cc(C)cc(C)c1. The monoisotopic (exact) mass is 233 g/mol. The second kappa shape index (κ2) is 5.68. The van der Waals surface area contributed by atoms with Crippen LogP contribution in [0.1, 0.15) is 56.8 Å². The van der Waals surface area contributed by atoms with Crippen LogP contribution in [0.15, 0.2) is 18.2 Å². The molecule has 0 spiro atoms. The van der Waals surface area contributed by atoms with Gasteiger partial charge in [-0.15, -0.1) is 0 Å². The molecule has 0 saturated heterocycles. The van der Waals surface area contributed by atoms with E-state index in [2.05, 4.69) is 65.1 Å². The molecule has 1 aromatic carbocycles. The van der Waals surface area contributed by atoms with Crippen LogP contribution >= 0.6 is 0 Å². The van der Waals surface area contributed by atoms with Crippen molar-refractivity contribution in [3.63, 3.8) is 0 Å². The highest BCUT2D eigenvalue weighted by Crippen LogP contribution is 2.30. The minimum absolute atomic E-state index is 0.352. The van der Waals surface area contributed by atoms with Gasteiger partial charge >= 0.3 is 0 Å². The van der Waals surface area contributed by atoms with Gasteiger partial charge in [0.15, 0.2) is 0 Å². The molecule has 0 aliphatic heterocycles. The molecule has 0 aliphatic carbocycles. The number of rotatable bonds is 4. The predicted molar refractivity (Wildman–Crippen MR) is 76.4 cm³/mol. The van der Waals surface area contributed by atoms with Crippen LogP contribution in [0.2, 0.25) is 0 Å². The Labute approximate surface area is 107 Å². The van der Waals surface area contributed by atoms with Gasteiger partial charge in [-0.05, 0) is 37.8 Å². The topological polar surface area (TPSA) is 12.0 Å². The maximum atomic E-state index is 3.61. The first-order chi connectivity index (χ1) is 7.81. The van der Waals surface area contributed by atoms with E-state index in [4.69, 9.17) is 0 Å². The summed E-state index contributed by atoms with van der Waals surface area (Å²) in [4.78, 5) is 0. The Morgan fingerprint density at radius 2 is 1.59 bits per heavy atom. The molecule has 96 valence electrons. The van der Waals surface area contributed by atoms with Crippen molar-refractivity contribution in [2.75, 3.05) is 6.54 Å².